The minimum Gasteiger partial charge on any atom is -0.465 e. The van der Waals surface area contributed by atoms with Crippen LogP contribution in [0.3, 0.4) is 0 Å². The molecule has 0 saturated carbocycles. The van der Waals surface area contributed by atoms with E-state index in [1.807, 2.05) is 0 Å². The molecular formula is C11H13N3O3. The van der Waals surface area contributed by atoms with Gasteiger partial charge in [-0.3, -0.25) is 4.79 Å². The van der Waals surface area contributed by atoms with E-state index >= 15 is 0 Å². The number of benzene rings is 1. The van der Waals surface area contributed by atoms with Crippen molar-refractivity contribution in [3.05, 3.63) is 29.8 Å². The van der Waals surface area contributed by atoms with Crippen LogP contribution in [-0.2, 0) is 9.53 Å². The first-order chi connectivity index (χ1) is 8.04. The Labute approximate surface area is 98.9 Å². The maximum Gasteiger partial charge on any atom is 0.337 e. The number of rotatable bonds is 3. The number of carbonyl (C=O) groups is 2. The third kappa shape index (κ3) is 3.67. The van der Waals surface area contributed by atoms with Gasteiger partial charge in [-0.25, -0.2) is 9.80 Å². The van der Waals surface area contributed by atoms with E-state index in [4.69, 9.17) is 0 Å². The van der Waals surface area contributed by atoms with Gasteiger partial charge >= 0.3 is 5.97 Å². The highest BCUT2D eigenvalue weighted by Gasteiger charge is 2.04. The Bertz CT molecular complexity index is 440. The van der Waals surface area contributed by atoms with Gasteiger partial charge in [-0.05, 0) is 24.3 Å². The largest absolute Gasteiger partial charge is 0.465 e. The molecule has 0 heterocycles. The average molecular weight is 235 g/mol. The number of ether oxygens (including phenoxy) is 1. The Morgan fingerprint density at radius 3 is 2.29 bits per heavy atom. The third-order valence-electron chi connectivity index (χ3n) is 2.04. The summed E-state index contributed by atoms with van der Waals surface area (Å²) in [7, 11) is 2.83. The summed E-state index contributed by atoms with van der Waals surface area (Å²) >= 11 is 0. The Hall–Kier alpha value is -2.24. The minimum absolute atomic E-state index is 0.208. The number of hydrogen-bond acceptors (Lipinski definition) is 5. The van der Waals surface area contributed by atoms with Gasteiger partial charge in [0.1, 0.15) is 0 Å². The molecule has 1 amide bonds. The molecule has 0 fully saturated rings. The Morgan fingerprint density at radius 2 is 1.82 bits per heavy atom. The molecule has 0 aliphatic carbocycles. The topological polar surface area (TPSA) is 71.3 Å². The van der Waals surface area contributed by atoms with Crippen molar-refractivity contribution in [1.29, 1.82) is 0 Å². The van der Waals surface area contributed by atoms with Crippen molar-refractivity contribution in [2.24, 2.45) is 10.3 Å². The lowest BCUT2D eigenvalue weighted by molar-refractivity contribution is -0.127. The van der Waals surface area contributed by atoms with Crippen LogP contribution in [0.1, 0.15) is 17.3 Å². The maximum atomic E-state index is 11.2. The fraction of sp³-hybridized carbons (Fsp3) is 0.273. The predicted octanol–water partition coefficient (Wildman–Crippen LogP) is 1.95. The quantitative estimate of drug-likeness (QED) is 0.456. The summed E-state index contributed by atoms with van der Waals surface area (Å²) in [5, 5.41) is 8.63. The zero-order valence-corrected chi connectivity index (χ0v) is 9.88. The molecule has 0 bridgehead atoms. The van der Waals surface area contributed by atoms with Crippen LogP contribution in [-0.4, -0.2) is 31.0 Å². The Morgan fingerprint density at radius 1 is 1.24 bits per heavy atom. The van der Waals surface area contributed by atoms with Gasteiger partial charge in [-0.1, -0.05) is 5.22 Å². The molecule has 0 aromatic heterocycles. The molecule has 1 aromatic rings. The zero-order valence-electron chi connectivity index (χ0n) is 9.88. The van der Waals surface area contributed by atoms with E-state index < -0.39 is 5.97 Å². The van der Waals surface area contributed by atoms with Crippen LogP contribution in [0, 0.1) is 0 Å². The minimum atomic E-state index is -0.408. The number of hydrogen-bond donors (Lipinski definition) is 0. The van der Waals surface area contributed by atoms with E-state index in [0.717, 1.165) is 5.01 Å². The number of methoxy groups -OCH3 is 1. The average Bonchev–Trinajstić information content (AvgIpc) is 2.35. The van der Waals surface area contributed by atoms with Gasteiger partial charge in [0, 0.05) is 14.0 Å². The number of esters is 1. The molecule has 17 heavy (non-hydrogen) atoms. The lowest BCUT2D eigenvalue weighted by atomic mass is 10.2. The number of amides is 1. The first-order valence-corrected chi connectivity index (χ1v) is 4.89. The summed E-state index contributed by atoms with van der Waals surface area (Å²) in [6.07, 6.45) is 0. The van der Waals surface area contributed by atoms with E-state index in [-0.39, 0.29) is 5.91 Å². The van der Waals surface area contributed by atoms with Crippen molar-refractivity contribution >= 4 is 17.6 Å². The predicted molar refractivity (Wildman–Crippen MR) is 60.7 cm³/mol. The molecule has 1 rings (SSSR count). The lowest BCUT2D eigenvalue weighted by Gasteiger charge is -2.04. The van der Waals surface area contributed by atoms with Gasteiger partial charge < -0.3 is 4.74 Å². The highest BCUT2D eigenvalue weighted by atomic mass is 16.5. The normalized spacial score (nSPS) is 10.3. The summed E-state index contributed by atoms with van der Waals surface area (Å²) < 4.78 is 4.56. The second-order valence-electron chi connectivity index (χ2n) is 3.27. The van der Waals surface area contributed by atoms with Gasteiger partial charge in [-0.15, -0.1) is 5.11 Å². The van der Waals surface area contributed by atoms with Gasteiger partial charge in [0.25, 0.3) is 0 Å². The molecule has 6 nitrogen and oxygen atoms in total. The van der Waals surface area contributed by atoms with E-state index in [1.165, 1.54) is 21.1 Å². The van der Waals surface area contributed by atoms with Crippen LogP contribution in [0.5, 0.6) is 0 Å². The fourth-order valence-electron chi connectivity index (χ4n) is 0.964. The molecule has 0 spiro atoms. The van der Waals surface area contributed by atoms with Gasteiger partial charge in [0.05, 0.1) is 18.4 Å². The molecule has 0 unspecified atom stereocenters. The Kier molecular flexibility index (Phi) is 4.33. The summed E-state index contributed by atoms with van der Waals surface area (Å²) in [4.78, 5) is 22.0. The molecule has 0 radical (unpaired) electrons. The zero-order chi connectivity index (χ0) is 12.8. The maximum absolute atomic E-state index is 11.2. The fourth-order valence-corrected chi connectivity index (χ4v) is 0.964. The molecule has 6 heteroatoms. The molecule has 0 aliphatic rings. The summed E-state index contributed by atoms with van der Waals surface area (Å²) in [5.41, 5.74) is 0.983. The van der Waals surface area contributed by atoms with Gasteiger partial charge in [0.15, 0.2) is 0 Å². The standard InChI is InChI=1S/C11H13N3O3/c1-8(15)14(2)13-12-10-6-4-9(5-7-10)11(16)17-3/h4-7H,1-3H3. The van der Waals surface area contributed by atoms with Crippen molar-refractivity contribution in [3.63, 3.8) is 0 Å². The van der Waals surface area contributed by atoms with Crippen LogP contribution in [0.2, 0.25) is 0 Å². The number of nitrogens with zero attached hydrogens (tertiary/aromatic N) is 3. The van der Waals surface area contributed by atoms with Crippen LogP contribution >= 0.6 is 0 Å². The monoisotopic (exact) mass is 235 g/mol. The van der Waals surface area contributed by atoms with Gasteiger partial charge in [0.2, 0.25) is 5.91 Å². The summed E-state index contributed by atoms with van der Waals surface area (Å²) in [5.74, 6) is -0.616. The Balaban J connectivity index is 2.75. The SMILES string of the molecule is COC(=O)c1ccc(N=NN(C)C(C)=O)cc1. The molecule has 0 atom stereocenters. The molecule has 0 aliphatic heterocycles. The van der Waals surface area contributed by atoms with Crippen LogP contribution < -0.4 is 0 Å². The van der Waals surface area contributed by atoms with Gasteiger partial charge in [-0.2, -0.15) is 0 Å². The smallest absolute Gasteiger partial charge is 0.337 e. The van der Waals surface area contributed by atoms with Crippen LogP contribution in [0.15, 0.2) is 34.6 Å². The first kappa shape index (κ1) is 12.8. The summed E-state index contributed by atoms with van der Waals surface area (Å²) in [6.45, 7) is 1.39. The highest BCUT2D eigenvalue weighted by molar-refractivity contribution is 5.89. The number of carbonyl (C=O) groups excluding carboxylic acids is 2. The van der Waals surface area contributed by atoms with E-state index in [9.17, 15) is 9.59 Å². The molecule has 90 valence electrons. The third-order valence-corrected chi connectivity index (χ3v) is 2.04. The van der Waals surface area contributed by atoms with E-state index in [2.05, 4.69) is 15.1 Å². The van der Waals surface area contributed by atoms with Crippen molar-refractivity contribution in [3.8, 4) is 0 Å². The highest BCUT2D eigenvalue weighted by Crippen LogP contribution is 2.14. The lowest BCUT2D eigenvalue weighted by Crippen LogP contribution is -2.15. The summed E-state index contributed by atoms with van der Waals surface area (Å²) in [6, 6.07) is 6.38. The molecule has 0 N–H and O–H groups in total. The van der Waals surface area contributed by atoms with Crippen molar-refractivity contribution in [1.82, 2.24) is 5.01 Å². The first-order valence-electron chi connectivity index (χ1n) is 4.89. The van der Waals surface area contributed by atoms with Crippen LogP contribution in [0.25, 0.3) is 0 Å². The second-order valence-corrected chi connectivity index (χ2v) is 3.27. The van der Waals surface area contributed by atoms with Crippen molar-refractivity contribution in [2.75, 3.05) is 14.2 Å². The second kappa shape index (κ2) is 5.74. The van der Waals surface area contributed by atoms with E-state index in [0.29, 0.717) is 11.3 Å². The molecule has 1 aromatic carbocycles. The van der Waals surface area contributed by atoms with Crippen LogP contribution in [0.4, 0.5) is 5.69 Å². The molecule has 0 saturated heterocycles. The van der Waals surface area contributed by atoms with Crippen molar-refractivity contribution in [2.45, 2.75) is 6.92 Å². The van der Waals surface area contributed by atoms with E-state index in [1.54, 1.807) is 24.3 Å². The molecular weight excluding hydrogens is 222 g/mol. The van der Waals surface area contributed by atoms with Crippen molar-refractivity contribution < 1.29 is 14.3 Å².